The first-order valence-electron chi connectivity index (χ1n) is 7.12. The first-order valence-corrected chi connectivity index (χ1v) is 7.12. The normalized spacial score (nSPS) is 20.4. The van der Waals surface area contributed by atoms with Gasteiger partial charge in [0, 0.05) is 26.6 Å². The molecule has 2 aliphatic rings. The van der Waals surface area contributed by atoms with Gasteiger partial charge in [-0.3, -0.25) is 9.59 Å². The number of nitrogens with zero attached hydrogens (tertiary/aromatic N) is 1. The topological polar surface area (TPSA) is 61.4 Å². The highest BCUT2D eigenvalue weighted by atomic mass is 35.5. The number of carbonyl (C=O) groups is 2. The van der Waals surface area contributed by atoms with Gasteiger partial charge in [-0.15, -0.1) is 12.4 Å². The fourth-order valence-electron chi connectivity index (χ4n) is 2.90. The minimum absolute atomic E-state index is 0. The van der Waals surface area contributed by atoms with Crippen LogP contribution in [0.25, 0.3) is 0 Å². The number of hydrogen-bond donors (Lipinski definition) is 2. The number of hydrogen-bond acceptors (Lipinski definition) is 3. The predicted molar refractivity (Wildman–Crippen MR) is 83.4 cm³/mol. The molecule has 0 aliphatic carbocycles. The van der Waals surface area contributed by atoms with Crippen molar-refractivity contribution in [1.82, 2.24) is 10.2 Å². The molecule has 1 fully saturated rings. The Labute approximate surface area is 134 Å². The summed E-state index contributed by atoms with van der Waals surface area (Å²) in [5, 5.41) is 5.82. The van der Waals surface area contributed by atoms with Crippen LogP contribution in [0, 0.1) is 11.7 Å². The quantitative estimate of drug-likeness (QED) is 0.861. The lowest BCUT2D eigenvalue weighted by Gasteiger charge is -2.20. The number of fused-ring (bicyclic) bond motifs is 1. The lowest BCUT2D eigenvalue weighted by atomic mass is 9.99. The second kappa shape index (κ2) is 6.62. The third-order valence-corrected chi connectivity index (χ3v) is 4.18. The van der Waals surface area contributed by atoms with Crippen molar-refractivity contribution in [1.29, 1.82) is 0 Å². The summed E-state index contributed by atoms with van der Waals surface area (Å²) in [4.78, 5) is 25.1. The zero-order valence-corrected chi connectivity index (χ0v) is 13.1. The van der Waals surface area contributed by atoms with Crippen LogP contribution in [0.3, 0.4) is 0 Å². The van der Waals surface area contributed by atoms with Crippen LogP contribution in [-0.2, 0) is 22.6 Å². The second-order valence-corrected chi connectivity index (χ2v) is 5.66. The maximum absolute atomic E-state index is 14.4. The van der Waals surface area contributed by atoms with Gasteiger partial charge in [-0.25, -0.2) is 4.39 Å². The van der Waals surface area contributed by atoms with Gasteiger partial charge >= 0.3 is 0 Å². The minimum atomic E-state index is -0.403. The molecule has 2 N–H and O–H groups in total. The summed E-state index contributed by atoms with van der Waals surface area (Å²) in [5.41, 5.74) is 1.82. The van der Waals surface area contributed by atoms with Crippen LogP contribution >= 0.6 is 12.4 Å². The van der Waals surface area contributed by atoms with E-state index >= 15 is 0 Å². The van der Waals surface area contributed by atoms with Gasteiger partial charge in [0.05, 0.1) is 11.6 Å². The van der Waals surface area contributed by atoms with Gasteiger partial charge in [-0.05, 0) is 30.2 Å². The molecule has 2 amide bonds. The largest absolute Gasteiger partial charge is 0.345 e. The van der Waals surface area contributed by atoms with Gasteiger partial charge in [0.15, 0.2) is 0 Å². The Bertz CT molecular complexity index is 609. The Balaban J connectivity index is 0.00000176. The summed E-state index contributed by atoms with van der Waals surface area (Å²) >= 11 is 0. The van der Waals surface area contributed by atoms with E-state index in [-0.39, 0.29) is 42.1 Å². The summed E-state index contributed by atoms with van der Waals surface area (Å²) in [6.45, 7) is 1.78. The molecule has 5 nitrogen and oxygen atoms in total. The molecule has 0 bridgehead atoms. The number of halogens is 2. The number of amides is 2. The maximum Gasteiger partial charge on any atom is 0.229 e. The molecule has 3 rings (SSSR count). The van der Waals surface area contributed by atoms with Crippen molar-refractivity contribution in [2.24, 2.45) is 5.92 Å². The zero-order valence-electron chi connectivity index (χ0n) is 12.3. The fourth-order valence-corrected chi connectivity index (χ4v) is 2.90. The van der Waals surface area contributed by atoms with E-state index in [4.69, 9.17) is 0 Å². The van der Waals surface area contributed by atoms with Gasteiger partial charge < -0.3 is 15.5 Å². The van der Waals surface area contributed by atoms with Crippen molar-refractivity contribution in [2.75, 3.05) is 25.5 Å². The first kappa shape index (κ1) is 16.7. The lowest BCUT2D eigenvalue weighted by molar-refractivity contribution is -0.127. The standard InChI is InChI=1S/C15H18FN3O2.ClH/c1-19-8-10(6-13(19)20)15(21)18-12-3-2-9-7-17-5-4-11(9)14(12)16;/h2-3,10,17H,4-8H2,1H3,(H,18,21);1H. The van der Waals surface area contributed by atoms with Crippen molar-refractivity contribution in [3.05, 3.63) is 29.1 Å². The number of benzene rings is 1. The molecular weight excluding hydrogens is 309 g/mol. The van der Waals surface area contributed by atoms with Crippen LogP contribution in [0.15, 0.2) is 12.1 Å². The minimum Gasteiger partial charge on any atom is -0.345 e. The molecule has 0 radical (unpaired) electrons. The number of rotatable bonds is 2. The van der Waals surface area contributed by atoms with Gasteiger partial charge in [0.25, 0.3) is 0 Å². The van der Waals surface area contributed by atoms with Crippen LogP contribution in [0.2, 0.25) is 0 Å². The monoisotopic (exact) mass is 327 g/mol. The Hall–Kier alpha value is -1.66. The molecule has 2 aliphatic heterocycles. The fraction of sp³-hybridized carbons (Fsp3) is 0.467. The van der Waals surface area contributed by atoms with E-state index < -0.39 is 5.92 Å². The molecule has 1 unspecified atom stereocenters. The van der Waals surface area contributed by atoms with E-state index in [1.54, 1.807) is 13.1 Å². The Kier molecular flexibility index (Phi) is 5.03. The highest BCUT2D eigenvalue weighted by molar-refractivity contribution is 5.97. The van der Waals surface area contributed by atoms with Crippen molar-refractivity contribution < 1.29 is 14.0 Å². The van der Waals surface area contributed by atoms with Crippen molar-refractivity contribution in [3.63, 3.8) is 0 Å². The molecule has 0 aromatic heterocycles. The Morgan fingerprint density at radius 1 is 1.45 bits per heavy atom. The molecule has 1 aromatic carbocycles. The van der Waals surface area contributed by atoms with E-state index in [0.29, 0.717) is 25.1 Å². The predicted octanol–water partition coefficient (Wildman–Crippen LogP) is 1.31. The molecular formula is C15H19ClFN3O2. The Morgan fingerprint density at radius 3 is 2.91 bits per heavy atom. The third-order valence-electron chi connectivity index (χ3n) is 4.18. The summed E-state index contributed by atoms with van der Waals surface area (Å²) < 4.78 is 14.4. The summed E-state index contributed by atoms with van der Waals surface area (Å²) in [7, 11) is 1.67. The zero-order chi connectivity index (χ0) is 15.0. The number of anilines is 1. The van der Waals surface area contributed by atoms with E-state index in [0.717, 1.165) is 12.1 Å². The van der Waals surface area contributed by atoms with E-state index in [2.05, 4.69) is 10.6 Å². The average molecular weight is 328 g/mol. The van der Waals surface area contributed by atoms with Crippen LogP contribution in [0.1, 0.15) is 17.5 Å². The molecule has 2 heterocycles. The number of nitrogens with one attached hydrogen (secondary N) is 2. The Morgan fingerprint density at radius 2 is 2.23 bits per heavy atom. The van der Waals surface area contributed by atoms with E-state index in [1.807, 2.05) is 6.07 Å². The van der Waals surface area contributed by atoms with Gasteiger partial charge in [0.2, 0.25) is 11.8 Å². The van der Waals surface area contributed by atoms with Gasteiger partial charge in [-0.1, -0.05) is 6.07 Å². The second-order valence-electron chi connectivity index (χ2n) is 5.66. The molecule has 0 saturated carbocycles. The lowest BCUT2D eigenvalue weighted by Crippen LogP contribution is -2.27. The van der Waals surface area contributed by atoms with Crippen molar-refractivity contribution in [3.8, 4) is 0 Å². The smallest absolute Gasteiger partial charge is 0.229 e. The molecule has 1 aromatic rings. The molecule has 1 saturated heterocycles. The number of likely N-dealkylation sites (tertiary alicyclic amines) is 1. The number of carbonyl (C=O) groups excluding carboxylic acids is 2. The maximum atomic E-state index is 14.4. The highest BCUT2D eigenvalue weighted by Crippen LogP contribution is 2.26. The van der Waals surface area contributed by atoms with Crippen LogP contribution in [0.4, 0.5) is 10.1 Å². The molecule has 1 atom stereocenters. The molecule has 120 valence electrons. The summed E-state index contributed by atoms with van der Waals surface area (Å²) in [6.07, 6.45) is 0.814. The SMILES string of the molecule is CN1CC(C(=O)Nc2ccc3c(c2F)CCNC3)CC1=O.Cl. The highest BCUT2D eigenvalue weighted by Gasteiger charge is 2.32. The molecule has 7 heteroatoms. The van der Waals surface area contributed by atoms with Crippen LogP contribution in [0.5, 0.6) is 0 Å². The van der Waals surface area contributed by atoms with Crippen LogP contribution < -0.4 is 10.6 Å². The van der Waals surface area contributed by atoms with E-state index in [9.17, 15) is 14.0 Å². The summed E-state index contributed by atoms with van der Waals surface area (Å²) in [6, 6.07) is 3.44. The average Bonchev–Trinajstić information content (AvgIpc) is 2.82. The van der Waals surface area contributed by atoms with Crippen molar-refractivity contribution >= 4 is 29.9 Å². The molecule has 22 heavy (non-hydrogen) atoms. The molecule has 0 spiro atoms. The van der Waals surface area contributed by atoms with Gasteiger partial charge in [-0.2, -0.15) is 0 Å². The van der Waals surface area contributed by atoms with Crippen molar-refractivity contribution in [2.45, 2.75) is 19.4 Å². The van der Waals surface area contributed by atoms with Gasteiger partial charge in [0.1, 0.15) is 5.82 Å². The first-order chi connectivity index (χ1) is 10.1. The van der Waals surface area contributed by atoms with E-state index in [1.165, 1.54) is 4.90 Å². The van der Waals surface area contributed by atoms with Crippen LogP contribution in [-0.4, -0.2) is 36.9 Å². The third kappa shape index (κ3) is 3.08. The summed E-state index contributed by atoms with van der Waals surface area (Å²) in [5.74, 6) is -1.09.